The van der Waals surface area contributed by atoms with E-state index < -0.39 is 0 Å². The third-order valence-corrected chi connectivity index (χ3v) is 3.55. The summed E-state index contributed by atoms with van der Waals surface area (Å²) in [4.78, 5) is 0. The highest BCUT2D eigenvalue weighted by atomic mass is 16.5. The van der Waals surface area contributed by atoms with Crippen molar-refractivity contribution in [2.45, 2.75) is 25.8 Å². The maximum Gasteiger partial charge on any atom is 0.0651 e. The van der Waals surface area contributed by atoms with E-state index in [2.05, 4.69) is 19.2 Å². The summed E-state index contributed by atoms with van der Waals surface area (Å²) >= 11 is 0. The predicted octanol–water partition coefficient (Wildman–Crippen LogP) is 1.02. The second-order valence-electron chi connectivity index (χ2n) is 4.11. The molecule has 0 radical (unpaired) electrons. The normalized spacial score (nSPS) is 50.7. The minimum atomic E-state index is 0.347. The standard InChI is InChI=1S/C9H17NO/c1-7-5-10-9(8(7)2)3-4-11-6-9/h7-8,10H,3-6H2,1-2H3/t7-,8?,9?/m0/s1. The van der Waals surface area contributed by atoms with Crippen LogP contribution in [-0.4, -0.2) is 25.3 Å². The lowest BCUT2D eigenvalue weighted by molar-refractivity contribution is 0.155. The van der Waals surface area contributed by atoms with Crippen LogP contribution < -0.4 is 5.32 Å². The van der Waals surface area contributed by atoms with E-state index in [0.29, 0.717) is 5.54 Å². The van der Waals surface area contributed by atoms with Crippen molar-refractivity contribution in [2.24, 2.45) is 11.8 Å². The lowest BCUT2D eigenvalue weighted by atomic mass is 9.82. The summed E-state index contributed by atoms with van der Waals surface area (Å²) in [5, 5.41) is 3.61. The second kappa shape index (κ2) is 2.46. The molecule has 0 aromatic rings. The Kier molecular flexibility index (Phi) is 1.69. The molecule has 0 saturated carbocycles. The van der Waals surface area contributed by atoms with Gasteiger partial charge in [0.2, 0.25) is 0 Å². The van der Waals surface area contributed by atoms with Crippen LogP contribution in [0.4, 0.5) is 0 Å². The van der Waals surface area contributed by atoms with Gasteiger partial charge in [-0.2, -0.15) is 0 Å². The largest absolute Gasteiger partial charge is 0.379 e. The molecule has 0 aromatic heterocycles. The molecule has 2 unspecified atom stereocenters. The first-order valence-corrected chi connectivity index (χ1v) is 4.57. The molecule has 11 heavy (non-hydrogen) atoms. The Morgan fingerprint density at radius 1 is 1.45 bits per heavy atom. The molecule has 64 valence electrons. The minimum absolute atomic E-state index is 0.347. The zero-order chi connectivity index (χ0) is 7.90. The van der Waals surface area contributed by atoms with Crippen LogP contribution in [0.5, 0.6) is 0 Å². The van der Waals surface area contributed by atoms with Crippen molar-refractivity contribution >= 4 is 0 Å². The number of rotatable bonds is 0. The van der Waals surface area contributed by atoms with Crippen LogP contribution in [0.1, 0.15) is 20.3 Å². The first kappa shape index (κ1) is 7.56. The van der Waals surface area contributed by atoms with Crippen LogP contribution >= 0.6 is 0 Å². The Morgan fingerprint density at radius 3 is 2.73 bits per heavy atom. The van der Waals surface area contributed by atoms with Gasteiger partial charge in [0.15, 0.2) is 0 Å². The Morgan fingerprint density at radius 2 is 2.27 bits per heavy atom. The van der Waals surface area contributed by atoms with Crippen LogP contribution in [-0.2, 0) is 4.74 Å². The molecule has 2 aliphatic rings. The smallest absolute Gasteiger partial charge is 0.0651 e. The highest BCUT2D eigenvalue weighted by molar-refractivity contribution is 5.02. The van der Waals surface area contributed by atoms with Crippen molar-refractivity contribution in [2.75, 3.05) is 19.8 Å². The van der Waals surface area contributed by atoms with Gasteiger partial charge in [0.25, 0.3) is 0 Å². The van der Waals surface area contributed by atoms with Crippen molar-refractivity contribution in [3.05, 3.63) is 0 Å². The van der Waals surface area contributed by atoms with Gasteiger partial charge in [-0.1, -0.05) is 13.8 Å². The summed E-state index contributed by atoms with van der Waals surface area (Å²) in [7, 11) is 0. The summed E-state index contributed by atoms with van der Waals surface area (Å²) in [5.41, 5.74) is 0.347. The number of hydrogen-bond donors (Lipinski definition) is 1. The molecular weight excluding hydrogens is 138 g/mol. The monoisotopic (exact) mass is 155 g/mol. The summed E-state index contributed by atoms with van der Waals surface area (Å²) in [6.45, 7) is 7.72. The molecule has 0 aliphatic carbocycles. The molecule has 1 spiro atoms. The molecule has 2 fully saturated rings. The Labute approximate surface area is 68.3 Å². The van der Waals surface area contributed by atoms with Gasteiger partial charge in [0, 0.05) is 12.1 Å². The van der Waals surface area contributed by atoms with E-state index in [1.54, 1.807) is 0 Å². The Bertz CT molecular complexity index is 152. The molecule has 1 N–H and O–H groups in total. The average Bonchev–Trinajstić information content (AvgIpc) is 2.56. The van der Waals surface area contributed by atoms with Crippen LogP contribution in [0.3, 0.4) is 0 Å². The van der Waals surface area contributed by atoms with Crippen molar-refractivity contribution < 1.29 is 4.74 Å². The molecule has 2 rings (SSSR count). The van der Waals surface area contributed by atoms with Crippen molar-refractivity contribution in [3.8, 4) is 0 Å². The maximum atomic E-state index is 5.44. The van der Waals surface area contributed by atoms with Crippen molar-refractivity contribution in [1.82, 2.24) is 5.32 Å². The lowest BCUT2D eigenvalue weighted by Gasteiger charge is -2.28. The van der Waals surface area contributed by atoms with E-state index in [0.717, 1.165) is 25.0 Å². The molecule has 0 bridgehead atoms. The fourth-order valence-electron chi connectivity index (χ4n) is 2.33. The second-order valence-corrected chi connectivity index (χ2v) is 4.11. The van der Waals surface area contributed by atoms with Gasteiger partial charge in [-0.05, 0) is 24.8 Å². The number of hydrogen-bond acceptors (Lipinski definition) is 2. The fraction of sp³-hybridized carbons (Fsp3) is 1.00. The summed E-state index contributed by atoms with van der Waals surface area (Å²) in [6, 6.07) is 0. The van der Waals surface area contributed by atoms with Crippen LogP contribution in [0, 0.1) is 11.8 Å². The first-order valence-electron chi connectivity index (χ1n) is 4.57. The molecule has 0 amide bonds. The van der Waals surface area contributed by atoms with Crippen molar-refractivity contribution in [3.63, 3.8) is 0 Å². The molecule has 2 aliphatic heterocycles. The Balaban J connectivity index is 2.13. The lowest BCUT2D eigenvalue weighted by Crippen LogP contribution is -2.44. The molecule has 3 atom stereocenters. The van der Waals surface area contributed by atoms with E-state index in [1.807, 2.05) is 0 Å². The van der Waals surface area contributed by atoms with Gasteiger partial charge in [0.1, 0.15) is 0 Å². The predicted molar refractivity (Wildman–Crippen MR) is 44.5 cm³/mol. The van der Waals surface area contributed by atoms with Crippen LogP contribution in [0.2, 0.25) is 0 Å². The molecule has 2 heteroatoms. The molecule has 2 saturated heterocycles. The molecule has 2 heterocycles. The first-order chi connectivity index (χ1) is 5.25. The third kappa shape index (κ3) is 1.00. The van der Waals surface area contributed by atoms with E-state index in [-0.39, 0.29) is 0 Å². The van der Waals surface area contributed by atoms with Gasteiger partial charge < -0.3 is 10.1 Å². The van der Waals surface area contributed by atoms with Gasteiger partial charge in [-0.3, -0.25) is 0 Å². The summed E-state index contributed by atoms with van der Waals surface area (Å²) in [5.74, 6) is 1.60. The van der Waals surface area contributed by atoms with E-state index in [9.17, 15) is 0 Å². The highest BCUT2D eigenvalue weighted by Gasteiger charge is 2.46. The van der Waals surface area contributed by atoms with Gasteiger partial charge >= 0.3 is 0 Å². The minimum Gasteiger partial charge on any atom is -0.379 e. The van der Waals surface area contributed by atoms with Gasteiger partial charge in [-0.25, -0.2) is 0 Å². The van der Waals surface area contributed by atoms with E-state index >= 15 is 0 Å². The van der Waals surface area contributed by atoms with Crippen LogP contribution in [0.25, 0.3) is 0 Å². The average molecular weight is 155 g/mol. The molecule has 2 nitrogen and oxygen atoms in total. The van der Waals surface area contributed by atoms with E-state index in [4.69, 9.17) is 4.74 Å². The summed E-state index contributed by atoms with van der Waals surface area (Å²) in [6.07, 6.45) is 1.21. The maximum absolute atomic E-state index is 5.44. The van der Waals surface area contributed by atoms with Gasteiger partial charge in [0.05, 0.1) is 6.61 Å². The van der Waals surface area contributed by atoms with Crippen molar-refractivity contribution in [1.29, 1.82) is 0 Å². The molecular formula is C9H17NO. The molecule has 0 aromatic carbocycles. The topological polar surface area (TPSA) is 21.3 Å². The zero-order valence-electron chi connectivity index (χ0n) is 7.39. The summed E-state index contributed by atoms with van der Waals surface area (Å²) < 4.78 is 5.44. The van der Waals surface area contributed by atoms with E-state index in [1.165, 1.54) is 13.0 Å². The fourth-order valence-corrected chi connectivity index (χ4v) is 2.33. The number of ether oxygens (including phenoxy) is 1. The van der Waals surface area contributed by atoms with Crippen LogP contribution in [0.15, 0.2) is 0 Å². The SMILES string of the molecule is CC1[C@@H](C)CNC12CCOC2. The quantitative estimate of drug-likeness (QED) is 0.564. The zero-order valence-corrected chi connectivity index (χ0v) is 7.39. The highest BCUT2D eigenvalue weighted by Crippen LogP contribution is 2.36. The third-order valence-electron chi connectivity index (χ3n) is 3.55. The Hall–Kier alpha value is -0.0800. The number of nitrogens with one attached hydrogen (secondary N) is 1. The van der Waals surface area contributed by atoms with Gasteiger partial charge in [-0.15, -0.1) is 0 Å².